The first-order valence-corrected chi connectivity index (χ1v) is 6.61. The van der Waals surface area contributed by atoms with Gasteiger partial charge in [0.15, 0.2) is 0 Å². The molecule has 1 fully saturated rings. The first-order chi connectivity index (χ1) is 8.22. The molecule has 1 amide bonds. The number of nitriles is 1. The molecule has 96 valence electrons. The lowest BCUT2D eigenvalue weighted by molar-refractivity contribution is -0.136. The molecule has 0 aromatic rings. The molecule has 0 N–H and O–H groups in total. The molecule has 0 aliphatic carbocycles. The second-order valence-electron chi connectivity index (χ2n) is 4.53. The van der Waals surface area contributed by atoms with E-state index in [0.29, 0.717) is 12.3 Å². The molecule has 1 saturated heterocycles. The third-order valence-electron chi connectivity index (χ3n) is 3.55. The molecule has 0 radical (unpaired) electrons. The Morgan fingerprint density at radius 3 is 2.41 bits per heavy atom. The highest BCUT2D eigenvalue weighted by atomic mass is 16.2. The highest BCUT2D eigenvalue weighted by Crippen LogP contribution is 2.19. The Kier molecular flexibility index (Phi) is 5.99. The van der Waals surface area contributed by atoms with E-state index in [9.17, 15) is 4.79 Å². The smallest absolute Gasteiger partial charge is 0.225 e. The summed E-state index contributed by atoms with van der Waals surface area (Å²) in [6.07, 6.45) is 2.48. The summed E-state index contributed by atoms with van der Waals surface area (Å²) < 4.78 is 0. The standard InChI is InChI=1S/C13H23N3O/c1-3-16(4-2)13(17)12-6-10-15(11-7-12)9-5-8-14/h12H,3-7,9-11H2,1-2H3. The number of likely N-dealkylation sites (tertiary alicyclic amines) is 1. The minimum absolute atomic E-state index is 0.202. The van der Waals surface area contributed by atoms with E-state index in [0.717, 1.165) is 45.6 Å². The van der Waals surface area contributed by atoms with Gasteiger partial charge in [-0.2, -0.15) is 5.26 Å². The van der Waals surface area contributed by atoms with Crippen molar-refractivity contribution < 1.29 is 4.79 Å². The summed E-state index contributed by atoms with van der Waals surface area (Å²) >= 11 is 0. The molecule has 4 heteroatoms. The van der Waals surface area contributed by atoms with Crippen LogP contribution in [-0.2, 0) is 4.79 Å². The fourth-order valence-electron chi connectivity index (χ4n) is 2.41. The monoisotopic (exact) mass is 237 g/mol. The van der Waals surface area contributed by atoms with E-state index in [-0.39, 0.29) is 5.92 Å². The van der Waals surface area contributed by atoms with Crippen molar-refractivity contribution in [3.63, 3.8) is 0 Å². The van der Waals surface area contributed by atoms with Crippen molar-refractivity contribution >= 4 is 5.91 Å². The Morgan fingerprint density at radius 1 is 1.35 bits per heavy atom. The number of rotatable bonds is 5. The van der Waals surface area contributed by atoms with Crippen molar-refractivity contribution in [2.45, 2.75) is 33.1 Å². The van der Waals surface area contributed by atoms with Crippen LogP contribution in [0.15, 0.2) is 0 Å². The summed E-state index contributed by atoms with van der Waals surface area (Å²) in [5.74, 6) is 0.517. The topological polar surface area (TPSA) is 47.3 Å². The third-order valence-corrected chi connectivity index (χ3v) is 3.55. The quantitative estimate of drug-likeness (QED) is 0.727. The van der Waals surface area contributed by atoms with Gasteiger partial charge < -0.3 is 9.80 Å². The Morgan fingerprint density at radius 2 is 1.94 bits per heavy atom. The van der Waals surface area contributed by atoms with Gasteiger partial charge in [0.05, 0.1) is 6.07 Å². The number of carbonyl (C=O) groups is 1. The molecule has 0 aromatic carbocycles. The Hall–Kier alpha value is -1.08. The van der Waals surface area contributed by atoms with Crippen molar-refractivity contribution in [2.75, 3.05) is 32.7 Å². The summed E-state index contributed by atoms with van der Waals surface area (Å²) in [5.41, 5.74) is 0. The number of hydrogen-bond donors (Lipinski definition) is 0. The van der Waals surface area contributed by atoms with Crippen LogP contribution in [0, 0.1) is 17.2 Å². The van der Waals surface area contributed by atoms with E-state index in [4.69, 9.17) is 5.26 Å². The van der Waals surface area contributed by atoms with Gasteiger partial charge >= 0.3 is 0 Å². The molecule has 1 heterocycles. The van der Waals surface area contributed by atoms with Gasteiger partial charge in [0, 0.05) is 32.0 Å². The van der Waals surface area contributed by atoms with Crippen molar-refractivity contribution in [3.05, 3.63) is 0 Å². The molecule has 0 unspecified atom stereocenters. The Labute approximate surface area is 104 Å². The lowest BCUT2D eigenvalue weighted by Gasteiger charge is -2.33. The lowest BCUT2D eigenvalue weighted by Crippen LogP contribution is -2.42. The molecule has 4 nitrogen and oxygen atoms in total. The Bertz CT molecular complexity index is 273. The van der Waals surface area contributed by atoms with E-state index in [1.807, 2.05) is 18.7 Å². The van der Waals surface area contributed by atoms with Gasteiger partial charge in [-0.05, 0) is 39.8 Å². The van der Waals surface area contributed by atoms with Crippen LogP contribution >= 0.6 is 0 Å². The summed E-state index contributed by atoms with van der Waals surface area (Å²) in [4.78, 5) is 16.3. The summed E-state index contributed by atoms with van der Waals surface area (Å²) in [7, 11) is 0. The number of amides is 1. The van der Waals surface area contributed by atoms with E-state index >= 15 is 0 Å². The van der Waals surface area contributed by atoms with Gasteiger partial charge in [-0.25, -0.2) is 0 Å². The largest absolute Gasteiger partial charge is 0.343 e. The van der Waals surface area contributed by atoms with E-state index < -0.39 is 0 Å². The molecular formula is C13H23N3O. The molecule has 0 bridgehead atoms. The van der Waals surface area contributed by atoms with E-state index in [1.165, 1.54) is 0 Å². The molecule has 0 spiro atoms. The fourth-order valence-corrected chi connectivity index (χ4v) is 2.41. The normalized spacial score (nSPS) is 17.7. The summed E-state index contributed by atoms with van der Waals surface area (Å²) in [6.45, 7) is 8.45. The molecular weight excluding hydrogens is 214 g/mol. The van der Waals surface area contributed by atoms with Crippen molar-refractivity contribution in [1.82, 2.24) is 9.80 Å². The van der Waals surface area contributed by atoms with Crippen LogP contribution in [0.5, 0.6) is 0 Å². The molecule has 1 aliphatic rings. The molecule has 1 rings (SSSR count). The van der Waals surface area contributed by atoms with Gasteiger partial charge in [-0.3, -0.25) is 4.79 Å². The second-order valence-corrected chi connectivity index (χ2v) is 4.53. The summed E-state index contributed by atoms with van der Waals surface area (Å²) in [5, 5.41) is 8.54. The zero-order valence-electron chi connectivity index (χ0n) is 11.0. The van der Waals surface area contributed by atoms with Gasteiger partial charge in [0.2, 0.25) is 5.91 Å². The Balaban J connectivity index is 2.36. The molecule has 1 aliphatic heterocycles. The van der Waals surface area contributed by atoms with E-state index in [2.05, 4.69) is 11.0 Å². The number of carbonyl (C=O) groups excluding carboxylic acids is 1. The number of nitrogens with zero attached hydrogens (tertiary/aromatic N) is 3. The van der Waals surface area contributed by atoms with Gasteiger partial charge in [0.1, 0.15) is 0 Å². The van der Waals surface area contributed by atoms with E-state index in [1.54, 1.807) is 0 Å². The van der Waals surface area contributed by atoms with Gasteiger partial charge in [0.25, 0.3) is 0 Å². The zero-order chi connectivity index (χ0) is 12.7. The minimum Gasteiger partial charge on any atom is -0.343 e. The number of hydrogen-bond acceptors (Lipinski definition) is 3. The van der Waals surface area contributed by atoms with Crippen LogP contribution in [0.25, 0.3) is 0 Å². The highest BCUT2D eigenvalue weighted by molar-refractivity contribution is 5.78. The molecule has 0 aromatic heterocycles. The lowest BCUT2D eigenvalue weighted by atomic mass is 9.95. The molecule has 0 atom stereocenters. The van der Waals surface area contributed by atoms with Crippen molar-refractivity contribution in [3.8, 4) is 6.07 Å². The van der Waals surface area contributed by atoms with Crippen LogP contribution in [0.3, 0.4) is 0 Å². The van der Waals surface area contributed by atoms with Crippen LogP contribution in [0.1, 0.15) is 33.1 Å². The van der Waals surface area contributed by atoms with Crippen LogP contribution in [-0.4, -0.2) is 48.4 Å². The maximum absolute atomic E-state index is 12.1. The third kappa shape index (κ3) is 4.01. The first kappa shape index (κ1) is 14.0. The van der Waals surface area contributed by atoms with Crippen molar-refractivity contribution in [1.29, 1.82) is 5.26 Å². The minimum atomic E-state index is 0.202. The molecule has 0 saturated carbocycles. The SMILES string of the molecule is CCN(CC)C(=O)C1CCN(CCC#N)CC1. The van der Waals surface area contributed by atoms with Crippen LogP contribution in [0.2, 0.25) is 0 Å². The predicted octanol–water partition coefficient (Wildman–Crippen LogP) is 1.48. The number of piperidine rings is 1. The maximum Gasteiger partial charge on any atom is 0.225 e. The average molecular weight is 237 g/mol. The van der Waals surface area contributed by atoms with Crippen LogP contribution in [0.4, 0.5) is 0 Å². The first-order valence-electron chi connectivity index (χ1n) is 6.61. The van der Waals surface area contributed by atoms with Gasteiger partial charge in [-0.1, -0.05) is 0 Å². The zero-order valence-corrected chi connectivity index (χ0v) is 11.0. The maximum atomic E-state index is 12.1. The fraction of sp³-hybridized carbons (Fsp3) is 0.846. The average Bonchev–Trinajstić information content (AvgIpc) is 2.38. The second kappa shape index (κ2) is 7.29. The van der Waals surface area contributed by atoms with Crippen molar-refractivity contribution in [2.24, 2.45) is 5.92 Å². The van der Waals surface area contributed by atoms with Crippen LogP contribution < -0.4 is 0 Å². The highest BCUT2D eigenvalue weighted by Gasteiger charge is 2.26. The predicted molar refractivity (Wildman–Crippen MR) is 67.3 cm³/mol. The summed E-state index contributed by atoms with van der Waals surface area (Å²) in [6, 6.07) is 2.17. The molecule has 17 heavy (non-hydrogen) atoms. The van der Waals surface area contributed by atoms with Gasteiger partial charge in [-0.15, -0.1) is 0 Å².